The lowest BCUT2D eigenvalue weighted by Crippen LogP contribution is -2.17. The summed E-state index contributed by atoms with van der Waals surface area (Å²) < 4.78 is 0. The van der Waals surface area contributed by atoms with E-state index in [2.05, 4.69) is 32.9 Å². The van der Waals surface area contributed by atoms with Crippen LogP contribution in [0.5, 0.6) is 0 Å². The number of fused-ring (bicyclic) bond motifs is 1. The minimum absolute atomic E-state index is 0.537. The van der Waals surface area contributed by atoms with Crippen LogP contribution in [0.15, 0.2) is 12.2 Å². The van der Waals surface area contributed by atoms with Crippen molar-refractivity contribution in [2.75, 3.05) is 0 Å². The van der Waals surface area contributed by atoms with Crippen molar-refractivity contribution in [2.24, 2.45) is 29.1 Å². The molecule has 1 unspecified atom stereocenters. The topological polar surface area (TPSA) is 23.8 Å². The van der Waals surface area contributed by atoms with Gasteiger partial charge in [-0.2, -0.15) is 5.26 Å². The van der Waals surface area contributed by atoms with Crippen molar-refractivity contribution >= 4 is 0 Å². The van der Waals surface area contributed by atoms with E-state index >= 15 is 0 Å². The second-order valence-electron chi connectivity index (χ2n) is 5.57. The minimum atomic E-state index is 0.537. The largest absolute Gasteiger partial charge is 0.193 e. The predicted octanol–water partition coefficient (Wildman–Crippen LogP) is 3.38. The molecular weight excluding hydrogens is 170 g/mol. The Morgan fingerprint density at radius 3 is 2.71 bits per heavy atom. The van der Waals surface area contributed by atoms with Crippen LogP contribution in [0.2, 0.25) is 0 Å². The summed E-state index contributed by atoms with van der Waals surface area (Å²) >= 11 is 0. The van der Waals surface area contributed by atoms with Gasteiger partial charge in [0.15, 0.2) is 0 Å². The first-order valence-corrected chi connectivity index (χ1v) is 5.65. The third-order valence-corrected chi connectivity index (χ3v) is 4.54. The van der Waals surface area contributed by atoms with E-state index in [0.29, 0.717) is 11.3 Å². The third-order valence-electron chi connectivity index (χ3n) is 4.54. The van der Waals surface area contributed by atoms with Crippen molar-refractivity contribution in [1.82, 2.24) is 0 Å². The normalized spacial score (nSPS) is 44.4. The highest BCUT2D eigenvalue weighted by Gasteiger charge is 2.62. The Morgan fingerprint density at radius 1 is 1.36 bits per heavy atom. The minimum Gasteiger partial charge on any atom is -0.193 e. The van der Waals surface area contributed by atoms with Crippen LogP contribution < -0.4 is 0 Å². The molecule has 4 atom stereocenters. The fourth-order valence-corrected chi connectivity index (χ4v) is 3.55. The Balaban J connectivity index is 2.14. The van der Waals surface area contributed by atoms with E-state index < -0.39 is 0 Å². The average molecular weight is 189 g/mol. The molecule has 0 radical (unpaired) electrons. The predicted molar refractivity (Wildman–Crippen MR) is 57.4 cm³/mol. The smallest absolute Gasteiger partial charge is 0.0908 e. The van der Waals surface area contributed by atoms with Gasteiger partial charge in [-0.15, -0.1) is 0 Å². The molecule has 0 aliphatic heterocycles. The zero-order valence-corrected chi connectivity index (χ0v) is 9.33. The summed E-state index contributed by atoms with van der Waals surface area (Å²) in [5, 5.41) is 8.58. The summed E-state index contributed by atoms with van der Waals surface area (Å²) in [5.74, 6) is 3.19. The molecule has 14 heavy (non-hydrogen) atoms. The van der Waals surface area contributed by atoms with Crippen LogP contribution in [0.1, 0.15) is 33.6 Å². The second kappa shape index (κ2) is 3.12. The first kappa shape index (κ1) is 9.77. The maximum Gasteiger partial charge on any atom is 0.0908 e. The van der Waals surface area contributed by atoms with Crippen molar-refractivity contribution < 1.29 is 0 Å². The molecule has 0 heterocycles. The molecule has 0 aromatic rings. The Bertz CT molecular complexity index is 295. The van der Waals surface area contributed by atoms with Crippen LogP contribution in [0.4, 0.5) is 0 Å². The lowest BCUT2D eigenvalue weighted by atomic mass is 9.80. The number of rotatable bonds is 1. The van der Waals surface area contributed by atoms with E-state index in [1.807, 2.05) is 0 Å². The average Bonchev–Trinajstić information content (AvgIpc) is 2.68. The van der Waals surface area contributed by atoms with Gasteiger partial charge < -0.3 is 0 Å². The van der Waals surface area contributed by atoms with Crippen molar-refractivity contribution in [3.8, 4) is 6.07 Å². The van der Waals surface area contributed by atoms with Gasteiger partial charge in [0, 0.05) is 6.08 Å². The van der Waals surface area contributed by atoms with Crippen LogP contribution in [0.3, 0.4) is 0 Å². The molecule has 1 nitrogen and oxygen atoms in total. The maximum absolute atomic E-state index is 8.58. The number of hydrogen-bond acceptors (Lipinski definition) is 1. The number of nitriles is 1. The van der Waals surface area contributed by atoms with Crippen molar-refractivity contribution in [1.29, 1.82) is 5.26 Å². The first-order chi connectivity index (χ1) is 6.59. The molecule has 0 spiro atoms. The van der Waals surface area contributed by atoms with Gasteiger partial charge in [-0.05, 0) is 41.9 Å². The van der Waals surface area contributed by atoms with E-state index in [0.717, 1.165) is 17.8 Å². The molecule has 76 valence electrons. The zero-order chi connectivity index (χ0) is 10.3. The quantitative estimate of drug-likeness (QED) is 0.580. The molecule has 0 aromatic heterocycles. The molecule has 0 saturated heterocycles. The molecule has 0 aromatic carbocycles. The monoisotopic (exact) mass is 189 g/mol. The van der Waals surface area contributed by atoms with Crippen LogP contribution in [-0.4, -0.2) is 0 Å². The number of nitrogens with zero attached hydrogens (tertiary/aromatic N) is 1. The molecule has 2 rings (SSSR count). The van der Waals surface area contributed by atoms with E-state index in [9.17, 15) is 0 Å². The number of allylic oxidation sites excluding steroid dienone is 2. The molecule has 0 N–H and O–H groups in total. The Morgan fingerprint density at radius 2 is 2.07 bits per heavy atom. The van der Waals surface area contributed by atoms with Crippen LogP contribution in [0, 0.1) is 40.4 Å². The highest BCUT2D eigenvalue weighted by molar-refractivity contribution is 5.17. The molecular formula is C13H19N. The van der Waals surface area contributed by atoms with Crippen LogP contribution >= 0.6 is 0 Å². The Hall–Kier alpha value is -0.770. The van der Waals surface area contributed by atoms with Gasteiger partial charge in [0.2, 0.25) is 0 Å². The van der Waals surface area contributed by atoms with E-state index in [-0.39, 0.29) is 0 Å². The summed E-state index contributed by atoms with van der Waals surface area (Å²) in [5.41, 5.74) is 0.537. The van der Waals surface area contributed by atoms with E-state index in [1.165, 1.54) is 12.8 Å². The SMILES string of the molecule is C[C@H]1CCC2[C@H]([C@H]1C=CC#N)C2(C)C. The van der Waals surface area contributed by atoms with Gasteiger partial charge in [0.05, 0.1) is 6.07 Å². The maximum atomic E-state index is 8.58. The van der Waals surface area contributed by atoms with Gasteiger partial charge in [-0.3, -0.25) is 0 Å². The standard InChI is InChI=1S/C13H19N/c1-9-6-7-11-12(13(11,2)3)10(9)5-4-8-14/h4-5,9-12H,6-7H2,1-3H3/t9-,10-,11?,12-/m0/s1. The fourth-order valence-electron chi connectivity index (χ4n) is 3.55. The third kappa shape index (κ3) is 1.29. The summed E-state index contributed by atoms with van der Waals surface area (Å²) in [7, 11) is 0. The Kier molecular flexibility index (Phi) is 2.18. The zero-order valence-electron chi connectivity index (χ0n) is 9.33. The summed E-state index contributed by atoms with van der Waals surface area (Å²) in [6.07, 6.45) is 6.56. The molecule has 2 saturated carbocycles. The van der Waals surface area contributed by atoms with Gasteiger partial charge >= 0.3 is 0 Å². The van der Waals surface area contributed by atoms with Gasteiger partial charge in [0.25, 0.3) is 0 Å². The molecule has 0 bridgehead atoms. The van der Waals surface area contributed by atoms with Crippen molar-refractivity contribution in [3.05, 3.63) is 12.2 Å². The molecule has 1 heteroatoms. The van der Waals surface area contributed by atoms with Crippen molar-refractivity contribution in [2.45, 2.75) is 33.6 Å². The van der Waals surface area contributed by atoms with E-state index in [1.54, 1.807) is 6.08 Å². The Labute approximate surface area is 86.8 Å². The lowest BCUT2D eigenvalue weighted by Gasteiger charge is -2.25. The lowest BCUT2D eigenvalue weighted by molar-refractivity contribution is 0.285. The molecule has 0 amide bonds. The van der Waals surface area contributed by atoms with Gasteiger partial charge in [-0.25, -0.2) is 0 Å². The second-order valence-corrected chi connectivity index (χ2v) is 5.57. The number of hydrogen-bond donors (Lipinski definition) is 0. The first-order valence-electron chi connectivity index (χ1n) is 5.65. The summed E-state index contributed by atoms with van der Waals surface area (Å²) in [6, 6.07) is 2.12. The molecule has 2 fully saturated rings. The summed E-state index contributed by atoms with van der Waals surface area (Å²) in [4.78, 5) is 0. The molecule has 2 aliphatic carbocycles. The van der Waals surface area contributed by atoms with E-state index in [4.69, 9.17) is 5.26 Å². The summed E-state index contributed by atoms with van der Waals surface area (Å²) in [6.45, 7) is 7.10. The van der Waals surface area contributed by atoms with Crippen LogP contribution in [0.25, 0.3) is 0 Å². The van der Waals surface area contributed by atoms with Crippen LogP contribution in [-0.2, 0) is 0 Å². The highest BCUT2D eigenvalue weighted by Crippen LogP contribution is 2.68. The van der Waals surface area contributed by atoms with Crippen molar-refractivity contribution in [3.63, 3.8) is 0 Å². The molecule has 2 aliphatic rings. The van der Waals surface area contributed by atoms with Gasteiger partial charge in [0.1, 0.15) is 0 Å². The fraction of sp³-hybridized carbons (Fsp3) is 0.769. The van der Waals surface area contributed by atoms with Gasteiger partial charge in [-0.1, -0.05) is 26.8 Å². The highest BCUT2D eigenvalue weighted by atomic mass is 14.7.